The van der Waals surface area contributed by atoms with Crippen LogP contribution in [0, 0.1) is 6.92 Å². The Morgan fingerprint density at radius 3 is 2.61 bits per heavy atom. The number of benzene rings is 1. The SMILES string of the molecule is CN=C(NC=O)S/C=C/CC(=O)N(N)O.Cc1ccc(CNC(=O)OCc2cccs2)cc1. The molecule has 0 fully saturated rings. The van der Waals surface area contributed by atoms with E-state index in [2.05, 4.69) is 15.6 Å². The molecule has 0 spiro atoms. The third kappa shape index (κ3) is 13.1. The van der Waals surface area contributed by atoms with E-state index < -0.39 is 5.91 Å². The highest BCUT2D eigenvalue weighted by atomic mass is 32.2. The van der Waals surface area contributed by atoms with E-state index in [1.165, 1.54) is 18.7 Å². The highest BCUT2D eigenvalue weighted by Crippen LogP contribution is 2.09. The maximum atomic E-state index is 11.4. The van der Waals surface area contributed by atoms with Crippen LogP contribution in [0.5, 0.6) is 0 Å². The van der Waals surface area contributed by atoms with Gasteiger partial charge in [0.2, 0.25) is 6.41 Å². The van der Waals surface area contributed by atoms with E-state index in [4.69, 9.17) is 15.8 Å². The van der Waals surface area contributed by atoms with Crippen LogP contribution in [0.25, 0.3) is 0 Å². The number of aryl methyl sites for hydroxylation is 1. The van der Waals surface area contributed by atoms with E-state index in [1.807, 2.05) is 48.7 Å². The van der Waals surface area contributed by atoms with Gasteiger partial charge in [0.1, 0.15) is 6.61 Å². The zero-order valence-electron chi connectivity index (χ0n) is 18.3. The van der Waals surface area contributed by atoms with Crippen LogP contribution in [0.2, 0.25) is 0 Å². The zero-order chi connectivity index (χ0) is 24.5. The predicted molar refractivity (Wildman–Crippen MR) is 129 cm³/mol. The number of carbonyl (C=O) groups is 3. The maximum absolute atomic E-state index is 11.4. The fourth-order valence-electron chi connectivity index (χ4n) is 2.02. The molecule has 1 aromatic heterocycles. The molecule has 0 unspecified atom stereocenters. The molecule has 33 heavy (non-hydrogen) atoms. The maximum Gasteiger partial charge on any atom is 0.407 e. The molecule has 2 aromatic rings. The Morgan fingerprint density at radius 1 is 1.30 bits per heavy atom. The van der Waals surface area contributed by atoms with Crippen molar-refractivity contribution in [2.45, 2.75) is 26.5 Å². The molecular weight excluding hydrogens is 466 g/mol. The van der Waals surface area contributed by atoms with Crippen molar-refractivity contribution in [3.8, 4) is 0 Å². The Kier molecular flexibility index (Phi) is 13.9. The van der Waals surface area contributed by atoms with E-state index in [9.17, 15) is 14.4 Å². The van der Waals surface area contributed by atoms with Crippen molar-refractivity contribution in [2.75, 3.05) is 7.05 Å². The second kappa shape index (κ2) is 16.4. The van der Waals surface area contributed by atoms with E-state index in [0.29, 0.717) is 24.7 Å². The van der Waals surface area contributed by atoms with Crippen LogP contribution in [-0.2, 0) is 27.5 Å². The normalized spacial score (nSPS) is 10.7. The minimum absolute atomic E-state index is 0.0213. The number of hydrogen-bond donors (Lipinski definition) is 4. The van der Waals surface area contributed by atoms with Crippen LogP contribution >= 0.6 is 23.1 Å². The van der Waals surface area contributed by atoms with Gasteiger partial charge in [0, 0.05) is 24.9 Å². The number of hydrazine groups is 1. The van der Waals surface area contributed by atoms with Crippen molar-refractivity contribution >= 4 is 46.7 Å². The van der Waals surface area contributed by atoms with Gasteiger partial charge in [-0.3, -0.25) is 19.8 Å². The van der Waals surface area contributed by atoms with E-state index >= 15 is 0 Å². The topological polar surface area (TPSA) is 146 Å². The summed E-state index contributed by atoms with van der Waals surface area (Å²) in [6.45, 7) is 2.85. The Hall–Kier alpha value is -3.19. The number of nitrogens with two attached hydrogens (primary N) is 1. The number of hydrogen-bond acceptors (Lipinski definition) is 9. The number of alkyl carbamates (subject to hydrolysis) is 1. The molecule has 1 aromatic carbocycles. The molecule has 0 atom stereocenters. The lowest BCUT2D eigenvalue weighted by Crippen LogP contribution is -2.33. The average Bonchev–Trinajstić information content (AvgIpc) is 3.33. The van der Waals surface area contributed by atoms with Crippen LogP contribution in [-0.4, -0.2) is 41.0 Å². The molecule has 0 aliphatic heterocycles. The largest absolute Gasteiger partial charge is 0.444 e. The first kappa shape index (κ1) is 27.8. The molecule has 5 N–H and O–H groups in total. The zero-order valence-corrected chi connectivity index (χ0v) is 19.9. The minimum Gasteiger partial charge on any atom is -0.444 e. The molecule has 0 bridgehead atoms. The summed E-state index contributed by atoms with van der Waals surface area (Å²) in [5.74, 6) is 4.13. The Bertz CT molecular complexity index is 916. The third-order valence-corrected chi connectivity index (χ3v) is 5.39. The summed E-state index contributed by atoms with van der Waals surface area (Å²) in [7, 11) is 1.52. The molecule has 1 heterocycles. The Balaban J connectivity index is 0.000000337. The number of thioether (sulfide) groups is 1. The monoisotopic (exact) mass is 493 g/mol. The molecule has 10 nitrogen and oxygen atoms in total. The van der Waals surface area contributed by atoms with E-state index in [1.54, 1.807) is 16.7 Å². The van der Waals surface area contributed by atoms with Crippen molar-refractivity contribution in [1.82, 2.24) is 15.8 Å². The Labute approximate surface area is 200 Å². The lowest BCUT2D eigenvalue weighted by molar-refractivity contribution is -0.165. The smallest absolute Gasteiger partial charge is 0.407 e. The summed E-state index contributed by atoms with van der Waals surface area (Å²) in [4.78, 5) is 37.1. The van der Waals surface area contributed by atoms with Crippen LogP contribution in [0.15, 0.2) is 58.3 Å². The lowest BCUT2D eigenvalue weighted by Gasteiger charge is -2.06. The van der Waals surface area contributed by atoms with Gasteiger partial charge in [0.05, 0.1) is 0 Å². The van der Waals surface area contributed by atoms with Gasteiger partial charge in [-0.1, -0.05) is 53.7 Å². The molecule has 2 rings (SSSR count). The minimum atomic E-state index is -0.634. The van der Waals surface area contributed by atoms with Crippen molar-refractivity contribution in [3.05, 3.63) is 69.3 Å². The van der Waals surface area contributed by atoms with Gasteiger partial charge in [-0.15, -0.1) is 11.3 Å². The molecule has 178 valence electrons. The molecule has 0 saturated heterocycles. The van der Waals surface area contributed by atoms with Gasteiger partial charge in [0.15, 0.2) is 5.17 Å². The quantitative estimate of drug-likeness (QED) is 0.0841. The molecule has 0 aliphatic rings. The second-order valence-corrected chi connectivity index (χ2v) is 8.14. The number of amides is 3. The summed E-state index contributed by atoms with van der Waals surface area (Å²) in [6.07, 6.45) is 1.58. The van der Waals surface area contributed by atoms with Crippen molar-refractivity contribution in [1.29, 1.82) is 0 Å². The first-order valence-electron chi connectivity index (χ1n) is 9.59. The van der Waals surface area contributed by atoms with Gasteiger partial charge >= 0.3 is 6.09 Å². The van der Waals surface area contributed by atoms with Crippen LogP contribution in [0.1, 0.15) is 22.4 Å². The van der Waals surface area contributed by atoms with E-state index in [-0.39, 0.29) is 17.7 Å². The fourth-order valence-corrected chi connectivity index (χ4v) is 3.18. The van der Waals surface area contributed by atoms with Crippen LogP contribution in [0.3, 0.4) is 0 Å². The van der Waals surface area contributed by atoms with Gasteiger partial charge in [-0.2, -0.15) is 5.17 Å². The summed E-state index contributed by atoms with van der Waals surface area (Å²) >= 11 is 2.71. The number of nitrogens with zero attached hydrogens (tertiary/aromatic N) is 2. The summed E-state index contributed by atoms with van der Waals surface area (Å²) in [6, 6.07) is 11.9. The number of nitrogens with one attached hydrogen (secondary N) is 2. The molecule has 0 saturated carbocycles. The van der Waals surface area contributed by atoms with Crippen molar-refractivity contribution < 1.29 is 24.3 Å². The number of ether oxygens (including phenoxy) is 1. The van der Waals surface area contributed by atoms with Gasteiger partial charge in [-0.05, 0) is 29.3 Å². The second-order valence-electron chi connectivity index (χ2n) is 6.22. The van der Waals surface area contributed by atoms with Gasteiger partial charge in [0.25, 0.3) is 5.91 Å². The van der Waals surface area contributed by atoms with Gasteiger partial charge in [-0.25, -0.2) is 10.6 Å². The van der Waals surface area contributed by atoms with Crippen molar-refractivity contribution in [2.24, 2.45) is 10.8 Å². The summed E-state index contributed by atoms with van der Waals surface area (Å²) < 4.78 is 5.09. The lowest BCUT2D eigenvalue weighted by atomic mass is 10.1. The number of hydroxylamine groups is 1. The van der Waals surface area contributed by atoms with E-state index in [0.717, 1.165) is 22.2 Å². The third-order valence-electron chi connectivity index (χ3n) is 3.69. The fraction of sp³-hybridized carbons (Fsp3) is 0.238. The number of amidine groups is 1. The highest BCUT2D eigenvalue weighted by molar-refractivity contribution is 8.16. The first-order valence-corrected chi connectivity index (χ1v) is 11.3. The number of aliphatic imine (C=N–C) groups is 1. The van der Waals surface area contributed by atoms with Crippen LogP contribution in [0.4, 0.5) is 4.79 Å². The van der Waals surface area contributed by atoms with Crippen molar-refractivity contribution in [3.63, 3.8) is 0 Å². The highest BCUT2D eigenvalue weighted by Gasteiger charge is 2.03. The molecular formula is C21H27N5O5S2. The number of rotatable bonds is 8. The average molecular weight is 494 g/mol. The predicted octanol–water partition coefficient (Wildman–Crippen LogP) is 2.93. The molecule has 0 aliphatic carbocycles. The Morgan fingerprint density at radius 2 is 2.03 bits per heavy atom. The number of carbonyl (C=O) groups excluding carboxylic acids is 3. The number of thiophene rings is 1. The van der Waals surface area contributed by atoms with Gasteiger partial charge < -0.3 is 15.4 Å². The summed E-state index contributed by atoms with van der Waals surface area (Å²) in [5, 5.41) is 17.5. The molecule has 0 radical (unpaired) electrons. The molecule has 12 heteroatoms. The van der Waals surface area contributed by atoms with Crippen LogP contribution < -0.4 is 16.5 Å². The summed E-state index contributed by atoms with van der Waals surface area (Å²) in [5.41, 5.74) is 2.27. The standard InChI is InChI=1S/C14H15NO2S.C7H12N4O3S/c1-11-4-6-12(7-5-11)9-15-14(16)17-10-13-3-2-8-18-13;1-9-7(10-5-12)15-4-2-3-6(13)11(8)14/h2-8H,9-10H2,1H3,(H,15,16);2,4-5,14H,3,8H2,1H3,(H,9,10,12)/b;4-2+. The first-order chi connectivity index (χ1) is 15.8. The molecule has 3 amide bonds.